The topological polar surface area (TPSA) is 83.0 Å². The molecule has 0 aliphatic heterocycles. The monoisotopic (exact) mass is 222 g/mol. The molecular formula is C11H14N2O3. The Balaban J connectivity index is 2.14. The lowest BCUT2D eigenvalue weighted by atomic mass is 10.1. The highest BCUT2D eigenvalue weighted by Gasteiger charge is 2.17. The summed E-state index contributed by atoms with van der Waals surface area (Å²) in [5.74, 6) is -0.804. The second-order valence-electron chi connectivity index (χ2n) is 4.05. The first-order chi connectivity index (χ1) is 7.66. The van der Waals surface area contributed by atoms with Crippen molar-refractivity contribution in [1.29, 1.82) is 0 Å². The van der Waals surface area contributed by atoms with E-state index in [0.717, 1.165) is 36.2 Å². The van der Waals surface area contributed by atoms with Gasteiger partial charge in [0.25, 0.3) is 0 Å². The van der Waals surface area contributed by atoms with E-state index in [0.29, 0.717) is 12.8 Å². The van der Waals surface area contributed by atoms with Gasteiger partial charge < -0.3 is 10.1 Å². The van der Waals surface area contributed by atoms with E-state index >= 15 is 0 Å². The molecule has 2 N–H and O–H groups in total. The molecule has 0 fully saturated rings. The van der Waals surface area contributed by atoms with Gasteiger partial charge in [-0.05, 0) is 37.7 Å². The van der Waals surface area contributed by atoms with Crippen LogP contribution in [0.5, 0.6) is 0 Å². The SMILES string of the molecule is O=C(O)CCCc1nc(=O)[nH]c2c1CCC2. The zero-order valence-electron chi connectivity index (χ0n) is 8.95. The maximum Gasteiger partial charge on any atom is 0.345 e. The Labute approximate surface area is 92.5 Å². The van der Waals surface area contributed by atoms with Crippen LogP contribution >= 0.6 is 0 Å². The van der Waals surface area contributed by atoms with Gasteiger partial charge in [-0.25, -0.2) is 4.79 Å². The van der Waals surface area contributed by atoms with Gasteiger partial charge in [-0.2, -0.15) is 4.98 Å². The average molecular weight is 222 g/mol. The first kappa shape index (κ1) is 10.9. The Morgan fingerprint density at radius 1 is 1.44 bits per heavy atom. The maximum absolute atomic E-state index is 11.3. The largest absolute Gasteiger partial charge is 0.481 e. The van der Waals surface area contributed by atoms with E-state index in [1.54, 1.807) is 0 Å². The maximum atomic E-state index is 11.3. The number of aliphatic carboxylic acids is 1. The van der Waals surface area contributed by atoms with Gasteiger partial charge in [0.05, 0.1) is 5.69 Å². The number of carbonyl (C=O) groups is 1. The molecule has 0 radical (unpaired) electrons. The van der Waals surface area contributed by atoms with Gasteiger partial charge in [-0.1, -0.05) is 0 Å². The summed E-state index contributed by atoms with van der Waals surface area (Å²) in [6.45, 7) is 0. The Morgan fingerprint density at radius 2 is 2.25 bits per heavy atom. The zero-order chi connectivity index (χ0) is 11.5. The lowest BCUT2D eigenvalue weighted by Gasteiger charge is -2.05. The molecule has 0 aromatic carbocycles. The molecule has 1 aromatic heterocycles. The van der Waals surface area contributed by atoms with Crippen molar-refractivity contribution in [1.82, 2.24) is 9.97 Å². The highest BCUT2D eigenvalue weighted by Crippen LogP contribution is 2.21. The smallest absolute Gasteiger partial charge is 0.345 e. The number of nitrogens with zero attached hydrogens (tertiary/aromatic N) is 1. The van der Waals surface area contributed by atoms with E-state index in [1.165, 1.54) is 0 Å². The molecule has 1 heterocycles. The van der Waals surface area contributed by atoms with E-state index in [1.807, 2.05) is 0 Å². The highest BCUT2D eigenvalue weighted by molar-refractivity contribution is 5.66. The molecule has 86 valence electrons. The standard InChI is InChI=1S/C11H14N2O3/c14-10(15)6-2-5-9-7-3-1-4-8(7)12-11(16)13-9/h1-6H2,(H,14,15)(H,12,13,16). The quantitative estimate of drug-likeness (QED) is 0.784. The number of carboxylic acid groups (broad SMARTS) is 1. The first-order valence-corrected chi connectivity index (χ1v) is 5.49. The van der Waals surface area contributed by atoms with Gasteiger partial charge in [-0.3, -0.25) is 4.79 Å². The van der Waals surface area contributed by atoms with E-state index in [9.17, 15) is 9.59 Å². The number of hydrogen-bond acceptors (Lipinski definition) is 3. The first-order valence-electron chi connectivity index (χ1n) is 5.49. The van der Waals surface area contributed by atoms with Gasteiger partial charge in [0.2, 0.25) is 0 Å². The van der Waals surface area contributed by atoms with E-state index in [-0.39, 0.29) is 12.1 Å². The number of aromatic amines is 1. The number of aromatic nitrogens is 2. The third kappa shape index (κ3) is 2.29. The van der Waals surface area contributed by atoms with E-state index in [2.05, 4.69) is 9.97 Å². The van der Waals surface area contributed by atoms with Crippen LogP contribution in [-0.4, -0.2) is 21.0 Å². The number of hydrogen-bond donors (Lipinski definition) is 2. The third-order valence-corrected chi connectivity index (χ3v) is 2.86. The lowest BCUT2D eigenvalue weighted by molar-refractivity contribution is -0.137. The zero-order valence-corrected chi connectivity index (χ0v) is 8.95. The minimum absolute atomic E-state index is 0.128. The fourth-order valence-electron chi connectivity index (χ4n) is 2.16. The Hall–Kier alpha value is -1.65. The van der Waals surface area contributed by atoms with Crippen molar-refractivity contribution in [2.75, 3.05) is 0 Å². The molecule has 1 aromatic rings. The number of rotatable bonds is 4. The molecular weight excluding hydrogens is 208 g/mol. The van der Waals surface area contributed by atoms with Crippen LogP contribution in [0.25, 0.3) is 0 Å². The summed E-state index contributed by atoms with van der Waals surface area (Å²) in [4.78, 5) is 28.3. The summed E-state index contributed by atoms with van der Waals surface area (Å²) in [6.07, 6.45) is 4.14. The molecule has 2 rings (SSSR count). The predicted molar refractivity (Wildman–Crippen MR) is 57.5 cm³/mol. The molecule has 0 unspecified atom stereocenters. The van der Waals surface area contributed by atoms with Gasteiger partial charge in [-0.15, -0.1) is 0 Å². The fourth-order valence-corrected chi connectivity index (χ4v) is 2.16. The number of aryl methyl sites for hydroxylation is 2. The Kier molecular flexibility index (Phi) is 3.03. The normalized spacial score (nSPS) is 13.8. The van der Waals surface area contributed by atoms with Crippen LogP contribution in [0.4, 0.5) is 0 Å². The molecule has 0 amide bonds. The van der Waals surface area contributed by atoms with E-state index in [4.69, 9.17) is 5.11 Å². The van der Waals surface area contributed by atoms with Gasteiger partial charge in [0, 0.05) is 12.1 Å². The Bertz CT molecular complexity index is 465. The summed E-state index contributed by atoms with van der Waals surface area (Å²) in [6, 6.07) is 0. The van der Waals surface area contributed by atoms with E-state index < -0.39 is 5.97 Å². The number of fused-ring (bicyclic) bond motifs is 1. The molecule has 0 atom stereocenters. The molecule has 0 saturated heterocycles. The molecule has 0 spiro atoms. The minimum Gasteiger partial charge on any atom is -0.481 e. The predicted octanol–water partition coefficient (Wildman–Crippen LogP) is 0.666. The van der Waals surface area contributed by atoms with Crippen LogP contribution in [0, 0.1) is 0 Å². The molecule has 1 aliphatic carbocycles. The van der Waals surface area contributed by atoms with Crippen LogP contribution in [0.2, 0.25) is 0 Å². The second kappa shape index (κ2) is 4.47. The number of H-pyrrole nitrogens is 1. The highest BCUT2D eigenvalue weighted by atomic mass is 16.4. The fraction of sp³-hybridized carbons (Fsp3) is 0.545. The summed E-state index contributed by atoms with van der Waals surface area (Å²) in [7, 11) is 0. The third-order valence-electron chi connectivity index (χ3n) is 2.86. The second-order valence-corrected chi connectivity index (χ2v) is 4.05. The number of carboxylic acids is 1. The van der Waals surface area contributed by atoms with Crippen LogP contribution in [0.1, 0.15) is 36.2 Å². The molecule has 0 saturated carbocycles. The van der Waals surface area contributed by atoms with Crippen LogP contribution < -0.4 is 5.69 Å². The molecule has 1 aliphatic rings. The van der Waals surface area contributed by atoms with Crippen LogP contribution in [-0.2, 0) is 24.1 Å². The van der Waals surface area contributed by atoms with Crippen molar-refractivity contribution in [3.05, 3.63) is 27.4 Å². The Morgan fingerprint density at radius 3 is 3.00 bits per heavy atom. The van der Waals surface area contributed by atoms with Crippen molar-refractivity contribution in [2.24, 2.45) is 0 Å². The van der Waals surface area contributed by atoms with Crippen molar-refractivity contribution < 1.29 is 9.90 Å². The van der Waals surface area contributed by atoms with Gasteiger partial charge in [0.15, 0.2) is 0 Å². The minimum atomic E-state index is -0.804. The number of nitrogens with one attached hydrogen (secondary N) is 1. The lowest BCUT2D eigenvalue weighted by Crippen LogP contribution is -2.17. The van der Waals surface area contributed by atoms with Crippen molar-refractivity contribution >= 4 is 5.97 Å². The molecule has 16 heavy (non-hydrogen) atoms. The summed E-state index contributed by atoms with van der Waals surface area (Å²) < 4.78 is 0. The molecule has 0 bridgehead atoms. The van der Waals surface area contributed by atoms with Crippen molar-refractivity contribution in [3.8, 4) is 0 Å². The molecule has 5 nitrogen and oxygen atoms in total. The van der Waals surface area contributed by atoms with Gasteiger partial charge in [0.1, 0.15) is 0 Å². The van der Waals surface area contributed by atoms with Crippen LogP contribution in [0.15, 0.2) is 4.79 Å². The van der Waals surface area contributed by atoms with Gasteiger partial charge >= 0.3 is 11.7 Å². The van der Waals surface area contributed by atoms with Crippen molar-refractivity contribution in [2.45, 2.75) is 38.5 Å². The molecule has 5 heteroatoms. The van der Waals surface area contributed by atoms with Crippen molar-refractivity contribution in [3.63, 3.8) is 0 Å². The summed E-state index contributed by atoms with van der Waals surface area (Å²) >= 11 is 0. The average Bonchev–Trinajstić information content (AvgIpc) is 2.64. The summed E-state index contributed by atoms with van der Waals surface area (Å²) in [5, 5.41) is 8.55. The summed E-state index contributed by atoms with van der Waals surface area (Å²) in [5.41, 5.74) is 2.60. The van der Waals surface area contributed by atoms with Crippen LogP contribution in [0.3, 0.4) is 0 Å².